The van der Waals surface area contributed by atoms with Crippen LogP contribution < -0.4 is 15.0 Å². The van der Waals surface area contributed by atoms with E-state index >= 15 is 0 Å². The van der Waals surface area contributed by atoms with Crippen molar-refractivity contribution in [1.82, 2.24) is 4.90 Å². The molecule has 7 heteroatoms. The summed E-state index contributed by atoms with van der Waals surface area (Å²) in [4.78, 5) is 28.9. The summed E-state index contributed by atoms with van der Waals surface area (Å²) in [5.74, 6) is 0.439. The van der Waals surface area contributed by atoms with Gasteiger partial charge in [-0.1, -0.05) is 47.5 Å². The second kappa shape index (κ2) is 10.4. The minimum absolute atomic E-state index is 0.0484. The van der Waals surface area contributed by atoms with Crippen LogP contribution in [0.1, 0.15) is 15.9 Å². The first-order chi connectivity index (χ1) is 16.0. The standard InChI is InChI=1S/C26H26ClN3O3/c1-19-7-10-22(11-8-19)33-18-25(31)28-21-9-12-24(23(27)17-21)29-13-15-30(16-14-29)26(32)20-5-3-2-4-6-20/h2-12,17H,13-16,18H2,1H3,(H,28,31). The number of piperazine rings is 1. The predicted octanol–water partition coefficient (Wildman–Crippen LogP) is 4.63. The maximum absolute atomic E-state index is 12.6. The van der Waals surface area contributed by atoms with Gasteiger partial charge in [0.1, 0.15) is 5.75 Å². The van der Waals surface area contributed by atoms with E-state index in [0.717, 1.165) is 11.3 Å². The monoisotopic (exact) mass is 463 g/mol. The van der Waals surface area contributed by atoms with Gasteiger partial charge in [-0.3, -0.25) is 9.59 Å². The molecule has 1 aliphatic heterocycles. The number of ether oxygens (including phenoxy) is 1. The summed E-state index contributed by atoms with van der Waals surface area (Å²) in [7, 11) is 0. The highest BCUT2D eigenvalue weighted by molar-refractivity contribution is 6.33. The third-order valence-corrected chi connectivity index (χ3v) is 5.85. The third kappa shape index (κ3) is 5.84. The molecule has 0 spiro atoms. The first kappa shape index (κ1) is 22.7. The van der Waals surface area contributed by atoms with E-state index < -0.39 is 0 Å². The van der Waals surface area contributed by atoms with Crippen molar-refractivity contribution in [2.24, 2.45) is 0 Å². The van der Waals surface area contributed by atoms with Gasteiger partial charge in [0.25, 0.3) is 11.8 Å². The quantitative estimate of drug-likeness (QED) is 0.579. The topological polar surface area (TPSA) is 61.9 Å². The van der Waals surface area contributed by atoms with Gasteiger partial charge in [-0.2, -0.15) is 0 Å². The van der Waals surface area contributed by atoms with Crippen LogP contribution >= 0.6 is 11.6 Å². The molecule has 0 aromatic heterocycles. The van der Waals surface area contributed by atoms with Crippen LogP contribution in [0.2, 0.25) is 5.02 Å². The lowest BCUT2D eigenvalue weighted by atomic mass is 10.1. The van der Waals surface area contributed by atoms with Crippen molar-refractivity contribution in [3.8, 4) is 5.75 Å². The molecule has 33 heavy (non-hydrogen) atoms. The SMILES string of the molecule is Cc1ccc(OCC(=O)Nc2ccc(N3CCN(C(=O)c4ccccc4)CC3)c(Cl)c2)cc1. The molecule has 170 valence electrons. The Morgan fingerprint density at radius 1 is 0.939 bits per heavy atom. The Morgan fingerprint density at radius 3 is 2.30 bits per heavy atom. The Bertz CT molecular complexity index is 1110. The highest BCUT2D eigenvalue weighted by Crippen LogP contribution is 2.30. The molecule has 1 aliphatic rings. The van der Waals surface area contributed by atoms with E-state index in [1.54, 1.807) is 6.07 Å². The van der Waals surface area contributed by atoms with Crippen molar-refractivity contribution in [1.29, 1.82) is 0 Å². The average molecular weight is 464 g/mol. The number of nitrogens with one attached hydrogen (secondary N) is 1. The molecule has 0 unspecified atom stereocenters. The Kier molecular flexibility index (Phi) is 7.15. The number of halogens is 1. The molecular formula is C26H26ClN3O3. The molecule has 0 aliphatic carbocycles. The molecule has 1 heterocycles. The number of amides is 2. The van der Waals surface area contributed by atoms with E-state index in [9.17, 15) is 9.59 Å². The van der Waals surface area contributed by atoms with Crippen molar-refractivity contribution >= 4 is 34.8 Å². The van der Waals surface area contributed by atoms with Gasteiger partial charge < -0.3 is 19.9 Å². The summed E-state index contributed by atoms with van der Waals surface area (Å²) >= 11 is 6.52. The van der Waals surface area contributed by atoms with Crippen molar-refractivity contribution in [3.05, 3.63) is 88.9 Å². The zero-order valence-corrected chi connectivity index (χ0v) is 19.2. The Morgan fingerprint density at radius 2 is 1.64 bits per heavy atom. The van der Waals surface area contributed by atoms with Crippen molar-refractivity contribution < 1.29 is 14.3 Å². The van der Waals surface area contributed by atoms with Crippen LogP contribution in [0.5, 0.6) is 5.75 Å². The van der Waals surface area contributed by atoms with E-state index in [0.29, 0.717) is 48.2 Å². The van der Waals surface area contributed by atoms with Crippen molar-refractivity contribution in [3.63, 3.8) is 0 Å². The molecule has 3 aromatic rings. The summed E-state index contributed by atoms with van der Waals surface area (Å²) < 4.78 is 5.52. The maximum Gasteiger partial charge on any atom is 0.262 e. The molecule has 3 aromatic carbocycles. The summed E-state index contributed by atoms with van der Waals surface area (Å²) in [5.41, 5.74) is 3.33. The Labute approximate surface area is 198 Å². The molecule has 4 rings (SSSR count). The summed E-state index contributed by atoms with van der Waals surface area (Å²) in [6.07, 6.45) is 0. The summed E-state index contributed by atoms with van der Waals surface area (Å²) in [5, 5.41) is 3.37. The number of benzene rings is 3. The summed E-state index contributed by atoms with van der Waals surface area (Å²) in [6, 6.07) is 22.3. The second-order valence-corrected chi connectivity index (χ2v) is 8.37. The molecule has 0 radical (unpaired) electrons. The van der Waals surface area contributed by atoms with Crippen LogP contribution in [0.25, 0.3) is 0 Å². The van der Waals surface area contributed by atoms with Crippen LogP contribution in [-0.2, 0) is 4.79 Å². The van der Waals surface area contributed by atoms with E-state index in [4.69, 9.17) is 16.3 Å². The third-order valence-electron chi connectivity index (χ3n) is 5.55. The molecule has 1 saturated heterocycles. The predicted molar refractivity (Wildman–Crippen MR) is 131 cm³/mol. The van der Waals surface area contributed by atoms with Gasteiger partial charge in [0, 0.05) is 37.4 Å². The summed E-state index contributed by atoms with van der Waals surface area (Å²) in [6.45, 7) is 4.54. The van der Waals surface area contributed by atoms with Gasteiger partial charge in [0.05, 0.1) is 10.7 Å². The Hall–Kier alpha value is -3.51. The average Bonchev–Trinajstić information content (AvgIpc) is 2.84. The van der Waals surface area contributed by atoms with Crippen LogP contribution in [0, 0.1) is 6.92 Å². The van der Waals surface area contributed by atoms with Gasteiger partial charge >= 0.3 is 0 Å². The van der Waals surface area contributed by atoms with Gasteiger partial charge in [-0.05, 0) is 49.4 Å². The number of aryl methyl sites for hydroxylation is 1. The fourth-order valence-electron chi connectivity index (χ4n) is 3.74. The zero-order chi connectivity index (χ0) is 23.2. The number of hydrogen-bond acceptors (Lipinski definition) is 4. The number of carbonyl (C=O) groups is 2. The van der Waals surface area contributed by atoms with Crippen LogP contribution in [0.4, 0.5) is 11.4 Å². The highest BCUT2D eigenvalue weighted by Gasteiger charge is 2.23. The molecule has 0 bridgehead atoms. The van der Waals surface area contributed by atoms with E-state index in [2.05, 4.69) is 10.2 Å². The van der Waals surface area contributed by atoms with Crippen molar-refractivity contribution in [2.45, 2.75) is 6.92 Å². The van der Waals surface area contributed by atoms with Crippen LogP contribution in [0.3, 0.4) is 0 Å². The first-order valence-electron chi connectivity index (χ1n) is 10.9. The molecule has 1 fully saturated rings. The largest absolute Gasteiger partial charge is 0.484 e. The maximum atomic E-state index is 12.6. The smallest absolute Gasteiger partial charge is 0.262 e. The molecule has 0 saturated carbocycles. The van der Waals surface area contributed by atoms with Gasteiger partial charge in [-0.25, -0.2) is 0 Å². The number of hydrogen-bond donors (Lipinski definition) is 1. The fraction of sp³-hybridized carbons (Fsp3) is 0.231. The highest BCUT2D eigenvalue weighted by atomic mass is 35.5. The zero-order valence-electron chi connectivity index (χ0n) is 18.5. The number of anilines is 2. The normalized spacial score (nSPS) is 13.5. The lowest BCUT2D eigenvalue weighted by Gasteiger charge is -2.36. The molecular weight excluding hydrogens is 438 g/mol. The lowest BCUT2D eigenvalue weighted by Crippen LogP contribution is -2.48. The number of carbonyl (C=O) groups excluding carboxylic acids is 2. The lowest BCUT2D eigenvalue weighted by molar-refractivity contribution is -0.118. The van der Waals surface area contributed by atoms with E-state index in [1.165, 1.54) is 0 Å². The van der Waals surface area contributed by atoms with Crippen LogP contribution in [-0.4, -0.2) is 49.5 Å². The molecule has 6 nitrogen and oxygen atoms in total. The second-order valence-electron chi connectivity index (χ2n) is 7.96. The van der Waals surface area contributed by atoms with E-state index in [1.807, 2.05) is 78.6 Å². The molecule has 2 amide bonds. The number of rotatable bonds is 6. The Balaban J connectivity index is 1.30. The van der Waals surface area contributed by atoms with Gasteiger partial charge in [-0.15, -0.1) is 0 Å². The minimum atomic E-state index is -0.257. The van der Waals surface area contributed by atoms with Crippen molar-refractivity contribution in [2.75, 3.05) is 43.0 Å². The first-order valence-corrected chi connectivity index (χ1v) is 11.3. The van der Waals surface area contributed by atoms with Gasteiger partial charge in [0.15, 0.2) is 6.61 Å². The van der Waals surface area contributed by atoms with Gasteiger partial charge in [0.2, 0.25) is 0 Å². The fourth-order valence-corrected chi connectivity index (χ4v) is 4.04. The van der Waals surface area contributed by atoms with E-state index in [-0.39, 0.29) is 18.4 Å². The minimum Gasteiger partial charge on any atom is -0.484 e. The van der Waals surface area contributed by atoms with Crippen LogP contribution in [0.15, 0.2) is 72.8 Å². The molecule has 1 N–H and O–H groups in total. The number of nitrogens with zero attached hydrogens (tertiary/aromatic N) is 2. The molecule has 0 atom stereocenters.